The Balaban J connectivity index is 4.07. The monoisotopic (exact) mass is 360 g/mol. The van der Waals surface area contributed by atoms with Crippen LogP contribution in [0.25, 0.3) is 0 Å². The molecule has 0 aromatic rings. The Kier molecular flexibility index (Phi) is 5.28. The van der Waals surface area contributed by atoms with Crippen LogP contribution >= 0.6 is 32.3 Å². The lowest BCUT2D eigenvalue weighted by atomic mass is 10.8. The van der Waals surface area contributed by atoms with Gasteiger partial charge in [-0.2, -0.15) is 21.6 Å². The SMILES string of the molecule is O=S(=O)(O)CCNS(=O)(=O)N(Br)Br. The topological polar surface area (TPSA) is 104 Å². The Morgan fingerprint density at radius 2 is 1.69 bits per heavy atom. The summed E-state index contributed by atoms with van der Waals surface area (Å²) in [7, 11) is -7.93. The quantitative estimate of drug-likeness (QED) is 0.513. The molecule has 0 radical (unpaired) electrons. The maximum atomic E-state index is 10.9. The second-order valence-corrected chi connectivity index (χ2v) is 8.34. The van der Waals surface area contributed by atoms with Gasteiger partial charge in [0.05, 0.1) is 5.75 Å². The zero-order chi connectivity index (χ0) is 10.7. The van der Waals surface area contributed by atoms with Gasteiger partial charge in [0.15, 0.2) is 0 Å². The molecule has 0 aliphatic heterocycles. The first-order valence-electron chi connectivity index (χ1n) is 2.72. The molecule has 0 rings (SSSR count). The van der Waals surface area contributed by atoms with Crippen molar-refractivity contribution in [1.82, 2.24) is 7.08 Å². The van der Waals surface area contributed by atoms with Crippen LogP contribution in [0.3, 0.4) is 0 Å². The molecule has 0 spiro atoms. The van der Waals surface area contributed by atoms with Gasteiger partial charge in [0.1, 0.15) is 0 Å². The van der Waals surface area contributed by atoms with E-state index in [1.54, 1.807) is 0 Å². The van der Waals surface area contributed by atoms with Crippen LogP contribution in [0.15, 0.2) is 0 Å². The Morgan fingerprint density at radius 3 is 2.00 bits per heavy atom. The molecule has 0 heterocycles. The van der Waals surface area contributed by atoms with Crippen molar-refractivity contribution in [1.29, 1.82) is 0 Å². The molecule has 13 heavy (non-hydrogen) atoms. The summed E-state index contributed by atoms with van der Waals surface area (Å²) < 4.78 is 52.7. The summed E-state index contributed by atoms with van der Waals surface area (Å²) in [6, 6.07) is 0. The van der Waals surface area contributed by atoms with Gasteiger partial charge in [-0.15, -0.1) is 0 Å². The predicted octanol–water partition coefficient (Wildman–Crippen LogP) is -0.370. The molecule has 0 fully saturated rings. The fraction of sp³-hybridized carbons (Fsp3) is 1.00. The number of rotatable bonds is 5. The number of halogens is 2. The molecule has 0 saturated carbocycles. The van der Waals surface area contributed by atoms with Crippen LogP contribution in [0.5, 0.6) is 0 Å². The van der Waals surface area contributed by atoms with Gasteiger partial charge in [0, 0.05) is 38.8 Å². The maximum absolute atomic E-state index is 10.9. The summed E-state index contributed by atoms with van der Waals surface area (Å²) in [4.78, 5) is 0. The van der Waals surface area contributed by atoms with Crippen molar-refractivity contribution in [3.63, 3.8) is 0 Å². The summed E-state index contributed by atoms with van der Waals surface area (Å²) in [5.74, 6) is -0.680. The molecule has 0 saturated heterocycles. The molecule has 0 aromatic heterocycles. The van der Waals surface area contributed by atoms with Gasteiger partial charge in [-0.05, 0) is 0 Å². The molecule has 80 valence electrons. The van der Waals surface area contributed by atoms with Crippen LogP contribution in [-0.2, 0) is 20.3 Å². The average molecular weight is 362 g/mol. The van der Waals surface area contributed by atoms with Crippen molar-refractivity contribution in [2.45, 2.75) is 0 Å². The molecule has 0 bridgehead atoms. The van der Waals surface area contributed by atoms with E-state index in [1.165, 1.54) is 0 Å². The predicted molar refractivity (Wildman–Crippen MR) is 53.0 cm³/mol. The molecule has 7 nitrogen and oxygen atoms in total. The molecule has 11 heteroatoms. The highest BCUT2D eigenvalue weighted by atomic mass is 79.9. The number of nitrogens with zero attached hydrogens (tertiary/aromatic N) is 1. The van der Waals surface area contributed by atoms with E-state index in [0.29, 0.717) is 2.36 Å². The highest BCUT2D eigenvalue weighted by Crippen LogP contribution is 2.10. The van der Waals surface area contributed by atoms with E-state index in [1.807, 2.05) is 4.72 Å². The van der Waals surface area contributed by atoms with Crippen molar-refractivity contribution in [2.75, 3.05) is 12.3 Å². The molecule has 0 amide bonds. The van der Waals surface area contributed by atoms with E-state index < -0.39 is 32.6 Å². The molecule has 0 aliphatic carbocycles. The first-order chi connectivity index (χ1) is 5.65. The third-order valence-corrected chi connectivity index (χ3v) is 4.77. The van der Waals surface area contributed by atoms with E-state index in [4.69, 9.17) is 4.55 Å². The highest BCUT2D eigenvalue weighted by Gasteiger charge is 2.16. The lowest BCUT2D eigenvalue weighted by Gasteiger charge is -2.06. The summed E-state index contributed by atoms with van der Waals surface area (Å²) in [6.07, 6.45) is 0. The third-order valence-electron chi connectivity index (χ3n) is 0.826. The summed E-state index contributed by atoms with van der Waals surface area (Å²) in [5.41, 5.74) is 0. The number of nitrogens with one attached hydrogen (secondary N) is 1. The smallest absolute Gasteiger partial charge is 0.286 e. The molecule has 0 aromatic carbocycles. The lowest BCUT2D eigenvalue weighted by molar-refractivity contribution is 0.482. The van der Waals surface area contributed by atoms with Crippen molar-refractivity contribution in [3.8, 4) is 0 Å². The van der Waals surface area contributed by atoms with Crippen LogP contribution in [0.2, 0.25) is 0 Å². The minimum atomic E-state index is -4.15. The second kappa shape index (κ2) is 5.00. The number of hydrogen-bond donors (Lipinski definition) is 2. The van der Waals surface area contributed by atoms with E-state index in [2.05, 4.69) is 32.3 Å². The van der Waals surface area contributed by atoms with Gasteiger partial charge in [-0.3, -0.25) is 4.55 Å². The van der Waals surface area contributed by atoms with Crippen molar-refractivity contribution in [2.24, 2.45) is 0 Å². The third kappa shape index (κ3) is 6.76. The summed E-state index contributed by atoms with van der Waals surface area (Å²) in [6.45, 7) is -0.408. The molecule has 0 atom stereocenters. The van der Waals surface area contributed by atoms with Crippen molar-refractivity contribution < 1.29 is 21.4 Å². The second-order valence-electron chi connectivity index (χ2n) is 1.86. The van der Waals surface area contributed by atoms with Gasteiger partial charge in [-0.1, -0.05) is 2.36 Å². The Hall–Kier alpha value is 0.740. The average Bonchev–Trinajstić information content (AvgIpc) is 1.82. The standard InChI is InChI=1S/C2H6Br2N2O5S2/c3-6(4)13(10,11)5-1-2-12(7,8)9/h5H,1-2H2,(H,7,8,9). The fourth-order valence-electron chi connectivity index (χ4n) is 0.348. The Labute approximate surface area is 93.1 Å². The molecule has 0 aliphatic rings. The summed E-state index contributed by atoms with van der Waals surface area (Å²) >= 11 is 5.13. The lowest BCUT2D eigenvalue weighted by Crippen LogP contribution is -2.33. The van der Waals surface area contributed by atoms with Crippen molar-refractivity contribution in [3.05, 3.63) is 0 Å². The minimum absolute atomic E-state index is 0.408. The maximum Gasteiger partial charge on any atom is 0.299 e. The van der Waals surface area contributed by atoms with E-state index in [9.17, 15) is 16.8 Å². The van der Waals surface area contributed by atoms with Gasteiger partial charge in [-0.25, -0.2) is 0 Å². The zero-order valence-corrected chi connectivity index (χ0v) is 10.8. The fourth-order valence-corrected chi connectivity index (χ4v) is 1.91. The largest absolute Gasteiger partial charge is 0.299 e. The highest BCUT2D eigenvalue weighted by molar-refractivity contribution is 9.22. The zero-order valence-electron chi connectivity index (χ0n) is 6.01. The van der Waals surface area contributed by atoms with Crippen LogP contribution in [-0.4, -0.2) is 36.0 Å². The number of hydrogen-bond acceptors (Lipinski definition) is 4. The molecular weight excluding hydrogens is 356 g/mol. The Bertz CT molecular complexity index is 347. The molecular formula is C2H6Br2N2O5S2. The van der Waals surface area contributed by atoms with E-state index in [-0.39, 0.29) is 0 Å². The van der Waals surface area contributed by atoms with Gasteiger partial charge in [0.2, 0.25) is 0 Å². The van der Waals surface area contributed by atoms with Gasteiger partial charge >= 0.3 is 0 Å². The van der Waals surface area contributed by atoms with Gasteiger partial charge in [0.25, 0.3) is 20.3 Å². The van der Waals surface area contributed by atoms with E-state index in [0.717, 1.165) is 0 Å². The van der Waals surface area contributed by atoms with Crippen LogP contribution in [0, 0.1) is 0 Å². The normalized spacial score (nSPS) is 13.5. The van der Waals surface area contributed by atoms with Crippen LogP contribution < -0.4 is 4.72 Å². The summed E-state index contributed by atoms with van der Waals surface area (Å²) in [5, 5.41) is 0. The molecule has 0 unspecified atom stereocenters. The molecule has 2 N–H and O–H groups in total. The van der Waals surface area contributed by atoms with E-state index >= 15 is 0 Å². The Morgan fingerprint density at radius 1 is 1.23 bits per heavy atom. The minimum Gasteiger partial charge on any atom is -0.286 e. The van der Waals surface area contributed by atoms with Crippen LogP contribution in [0.1, 0.15) is 0 Å². The first-order valence-corrected chi connectivity index (χ1v) is 7.18. The first kappa shape index (κ1) is 13.7. The van der Waals surface area contributed by atoms with Crippen molar-refractivity contribution >= 4 is 52.6 Å². The van der Waals surface area contributed by atoms with Crippen LogP contribution in [0.4, 0.5) is 0 Å². The van der Waals surface area contributed by atoms with Gasteiger partial charge < -0.3 is 0 Å².